The van der Waals surface area contributed by atoms with Crippen LogP contribution in [0.15, 0.2) is 42.5 Å². The summed E-state index contributed by atoms with van der Waals surface area (Å²) in [5.41, 5.74) is 3.86. The third kappa shape index (κ3) is 3.67. The fourth-order valence-corrected chi connectivity index (χ4v) is 2.06. The minimum atomic E-state index is -0.261. The third-order valence-corrected chi connectivity index (χ3v) is 3.49. The molecule has 2 aromatic carbocycles. The van der Waals surface area contributed by atoms with Crippen molar-refractivity contribution in [2.24, 2.45) is 0 Å². The number of hydrogen-bond acceptors (Lipinski definition) is 2. The van der Waals surface area contributed by atoms with Crippen LogP contribution in [0.3, 0.4) is 0 Å². The average molecular weight is 287 g/mol. The highest BCUT2D eigenvalue weighted by molar-refractivity contribution is 5.78. The topological polar surface area (TPSA) is 29.5 Å². The number of amides is 1. The standard InChI is InChI=1S/C17H18FNO2/c1-12-4-5-14(13-6-8-16(18)9-7-13)10-15(12)11-17(20)19(2)21-3/h4-10H,11H2,1-3H3. The first-order valence-electron chi connectivity index (χ1n) is 6.67. The van der Waals surface area contributed by atoms with Crippen LogP contribution in [0.25, 0.3) is 11.1 Å². The Hall–Kier alpha value is -2.20. The largest absolute Gasteiger partial charge is 0.275 e. The number of aryl methyl sites for hydroxylation is 1. The van der Waals surface area contributed by atoms with Crippen molar-refractivity contribution < 1.29 is 14.0 Å². The van der Waals surface area contributed by atoms with Crippen molar-refractivity contribution in [3.63, 3.8) is 0 Å². The number of benzene rings is 2. The molecule has 1 amide bonds. The van der Waals surface area contributed by atoms with E-state index < -0.39 is 0 Å². The lowest BCUT2D eigenvalue weighted by atomic mass is 9.98. The van der Waals surface area contributed by atoms with Gasteiger partial charge >= 0.3 is 0 Å². The van der Waals surface area contributed by atoms with Gasteiger partial charge in [-0.2, -0.15) is 0 Å². The van der Waals surface area contributed by atoms with Gasteiger partial charge in [-0.1, -0.05) is 30.3 Å². The molecule has 0 aromatic heterocycles. The first kappa shape index (κ1) is 15.2. The molecule has 0 aliphatic rings. The summed E-state index contributed by atoms with van der Waals surface area (Å²) < 4.78 is 13.0. The van der Waals surface area contributed by atoms with Crippen LogP contribution in [0, 0.1) is 12.7 Å². The van der Waals surface area contributed by atoms with Gasteiger partial charge in [0.2, 0.25) is 5.91 Å². The van der Waals surface area contributed by atoms with E-state index in [1.165, 1.54) is 24.3 Å². The Morgan fingerprint density at radius 2 is 1.76 bits per heavy atom. The van der Waals surface area contributed by atoms with Crippen LogP contribution in [0.2, 0.25) is 0 Å². The summed E-state index contributed by atoms with van der Waals surface area (Å²) in [7, 11) is 3.04. The molecule has 0 aliphatic heterocycles. The predicted octanol–water partition coefficient (Wildman–Crippen LogP) is 3.36. The lowest BCUT2D eigenvalue weighted by Crippen LogP contribution is -2.27. The number of rotatable bonds is 4. The molecule has 0 fully saturated rings. The Bertz CT molecular complexity index is 638. The van der Waals surface area contributed by atoms with Gasteiger partial charge in [-0.3, -0.25) is 9.63 Å². The van der Waals surface area contributed by atoms with E-state index in [1.54, 1.807) is 19.2 Å². The maximum atomic E-state index is 13.0. The summed E-state index contributed by atoms with van der Waals surface area (Å²) in [6, 6.07) is 12.2. The number of carbonyl (C=O) groups excluding carboxylic acids is 1. The molecular weight excluding hydrogens is 269 g/mol. The normalized spacial score (nSPS) is 10.5. The van der Waals surface area contributed by atoms with E-state index in [-0.39, 0.29) is 18.1 Å². The minimum Gasteiger partial charge on any atom is -0.275 e. The molecule has 0 heterocycles. The second-order valence-corrected chi connectivity index (χ2v) is 4.90. The van der Waals surface area contributed by atoms with E-state index in [4.69, 9.17) is 4.84 Å². The van der Waals surface area contributed by atoms with E-state index >= 15 is 0 Å². The highest BCUT2D eigenvalue weighted by Gasteiger charge is 2.11. The van der Waals surface area contributed by atoms with E-state index in [0.29, 0.717) is 0 Å². The molecule has 0 unspecified atom stereocenters. The molecule has 0 spiro atoms. The molecule has 0 saturated carbocycles. The third-order valence-electron chi connectivity index (χ3n) is 3.49. The zero-order chi connectivity index (χ0) is 15.4. The second-order valence-electron chi connectivity index (χ2n) is 4.90. The molecule has 0 aliphatic carbocycles. The van der Waals surface area contributed by atoms with Crippen LogP contribution in [0.5, 0.6) is 0 Å². The Morgan fingerprint density at radius 1 is 1.14 bits per heavy atom. The molecule has 4 heteroatoms. The van der Waals surface area contributed by atoms with Gasteiger partial charge in [0.25, 0.3) is 0 Å². The van der Waals surface area contributed by atoms with Gasteiger partial charge in [0, 0.05) is 7.05 Å². The van der Waals surface area contributed by atoms with Gasteiger partial charge < -0.3 is 0 Å². The van der Waals surface area contributed by atoms with Gasteiger partial charge in [0.1, 0.15) is 5.82 Å². The van der Waals surface area contributed by atoms with Crippen LogP contribution in [-0.4, -0.2) is 25.1 Å². The van der Waals surface area contributed by atoms with Crippen molar-refractivity contribution in [2.45, 2.75) is 13.3 Å². The van der Waals surface area contributed by atoms with Crippen LogP contribution in [0.1, 0.15) is 11.1 Å². The lowest BCUT2D eigenvalue weighted by Gasteiger charge is -2.15. The van der Waals surface area contributed by atoms with Gasteiger partial charge in [0.15, 0.2) is 0 Å². The Balaban J connectivity index is 2.29. The van der Waals surface area contributed by atoms with Crippen molar-refractivity contribution in [1.29, 1.82) is 0 Å². The molecule has 3 nitrogen and oxygen atoms in total. The zero-order valence-electron chi connectivity index (χ0n) is 12.4. The Labute approximate surface area is 123 Å². The predicted molar refractivity (Wildman–Crippen MR) is 80.1 cm³/mol. The van der Waals surface area contributed by atoms with E-state index in [9.17, 15) is 9.18 Å². The number of hydrogen-bond donors (Lipinski definition) is 0. The van der Waals surface area contributed by atoms with Crippen molar-refractivity contribution in [3.05, 3.63) is 59.4 Å². The zero-order valence-corrected chi connectivity index (χ0v) is 12.4. The Morgan fingerprint density at radius 3 is 2.38 bits per heavy atom. The maximum absolute atomic E-state index is 13.0. The first-order valence-corrected chi connectivity index (χ1v) is 6.67. The molecule has 2 aromatic rings. The quantitative estimate of drug-likeness (QED) is 0.807. The highest BCUT2D eigenvalue weighted by atomic mass is 19.1. The summed E-state index contributed by atoms with van der Waals surface area (Å²) in [4.78, 5) is 16.8. The van der Waals surface area contributed by atoms with Crippen molar-refractivity contribution in [3.8, 4) is 11.1 Å². The number of likely N-dealkylation sites (N-methyl/N-ethyl adjacent to an activating group) is 1. The summed E-state index contributed by atoms with van der Waals surface area (Å²) in [6.07, 6.45) is 0.269. The molecule has 110 valence electrons. The van der Waals surface area contributed by atoms with Crippen LogP contribution in [-0.2, 0) is 16.1 Å². The van der Waals surface area contributed by atoms with Gasteiger partial charge in [-0.05, 0) is 41.3 Å². The smallest absolute Gasteiger partial charge is 0.250 e. The molecule has 0 atom stereocenters. The number of halogens is 1. The van der Waals surface area contributed by atoms with Gasteiger partial charge in [-0.15, -0.1) is 0 Å². The summed E-state index contributed by atoms with van der Waals surface area (Å²) >= 11 is 0. The number of carbonyl (C=O) groups is 1. The summed E-state index contributed by atoms with van der Waals surface area (Å²) in [5, 5.41) is 1.21. The van der Waals surface area contributed by atoms with Gasteiger partial charge in [-0.25, -0.2) is 9.45 Å². The van der Waals surface area contributed by atoms with E-state index in [0.717, 1.165) is 22.3 Å². The SMILES string of the molecule is CON(C)C(=O)Cc1cc(-c2ccc(F)cc2)ccc1C. The molecule has 0 radical (unpaired) electrons. The number of nitrogens with zero attached hydrogens (tertiary/aromatic N) is 1. The van der Waals surface area contributed by atoms with Crippen LogP contribution >= 0.6 is 0 Å². The Kier molecular flexibility index (Phi) is 4.70. The molecular formula is C17H18FNO2. The second kappa shape index (κ2) is 6.50. The minimum absolute atomic E-state index is 0.114. The molecule has 0 saturated heterocycles. The number of hydroxylamine groups is 2. The van der Waals surface area contributed by atoms with Gasteiger partial charge in [0.05, 0.1) is 13.5 Å². The first-order chi connectivity index (χ1) is 10.0. The summed E-state index contributed by atoms with van der Waals surface area (Å²) in [6.45, 7) is 1.96. The van der Waals surface area contributed by atoms with Crippen molar-refractivity contribution >= 4 is 5.91 Å². The maximum Gasteiger partial charge on any atom is 0.250 e. The fourth-order valence-electron chi connectivity index (χ4n) is 2.06. The van der Waals surface area contributed by atoms with E-state index in [2.05, 4.69) is 0 Å². The summed E-state index contributed by atoms with van der Waals surface area (Å²) in [5.74, 6) is -0.375. The molecule has 21 heavy (non-hydrogen) atoms. The average Bonchev–Trinajstić information content (AvgIpc) is 2.49. The van der Waals surface area contributed by atoms with Crippen LogP contribution in [0.4, 0.5) is 4.39 Å². The van der Waals surface area contributed by atoms with E-state index in [1.807, 2.05) is 25.1 Å². The molecule has 0 bridgehead atoms. The van der Waals surface area contributed by atoms with Crippen molar-refractivity contribution in [1.82, 2.24) is 5.06 Å². The van der Waals surface area contributed by atoms with Crippen LogP contribution < -0.4 is 0 Å². The lowest BCUT2D eigenvalue weighted by molar-refractivity contribution is -0.167. The highest BCUT2D eigenvalue weighted by Crippen LogP contribution is 2.23. The monoisotopic (exact) mass is 287 g/mol. The fraction of sp³-hybridized carbons (Fsp3) is 0.235. The molecule has 0 N–H and O–H groups in total. The molecule has 2 rings (SSSR count). The van der Waals surface area contributed by atoms with Crippen molar-refractivity contribution in [2.75, 3.05) is 14.2 Å².